The number of allylic oxidation sites excluding steroid dienone is 10. The summed E-state index contributed by atoms with van der Waals surface area (Å²) in [6, 6.07) is 0. The largest absolute Gasteiger partial charge is 0.457 e. The third-order valence-corrected chi connectivity index (χ3v) is 12.7. The lowest BCUT2D eigenvalue weighted by molar-refractivity contribution is -0.332. The van der Waals surface area contributed by atoms with Crippen molar-refractivity contribution in [2.45, 2.75) is 255 Å². The normalized spacial score (nSPS) is 26.0. The number of esters is 1. The van der Waals surface area contributed by atoms with Crippen LogP contribution in [-0.4, -0.2) is 142 Å². The number of carbonyl (C=O) groups excluding carboxylic acids is 1. The smallest absolute Gasteiger partial charge is 0.306 e. The fourth-order valence-corrected chi connectivity index (χ4v) is 8.25. The molecular weight excluding hydrogens is 897 g/mol. The molecule has 0 aromatic rings. The maximum atomic E-state index is 13.0. The Morgan fingerprint density at radius 2 is 0.900 bits per heavy atom. The van der Waals surface area contributed by atoms with Crippen LogP contribution in [0.2, 0.25) is 0 Å². The van der Waals surface area contributed by atoms with Gasteiger partial charge in [-0.3, -0.25) is 4.79 Å². The van der Waals surface area contributed by atoms with Gasteiger partial charge in [0.25, 0.3) is 0 Å². The molecule has 2 rings (SSSR count). The molecule has 7 N–H and O–H groups in total. The fourth-order valence-electron chi connectivity index (χ4n) is 8.25. The van der Waals surface area contributed by atoms with Gasteiger partial charge in [-0.15, -0.1) is 0 Å². The van der Waals surface area contributed by atoms with Crippen LogP contribution in [0.3, 0.4) is 0 Å². The second-order valence-electron chi connectivity index (χ2n) is 19.0. The third-order valence-electron chi connectivity index (χ3n) is 12.7. The van der Waals surface area contributed by atoms with Gasteiger partial charge in [-0.2, -0.15) is 0 Å². The van der Waals surface area contributed by atoms with Crippen LogP contribution in [0.1, 0.15) is 187 Å². The highest BCUT2D eigenvalue weighted by Gasteiger charge is 2.47. The van der Waals surface area contributed by atoms with Crippen molar-refractivity contribution < 1.29 is 69.0 Å². The van der Waals surface area contributed by atoms with Gasteiger partial charge in [-0.05, 0) is 77.0 Å². The predicted octanol–water partition coefficient (Wildman–Crippen LogP) is 8.91. The first-order chi connectivity index (χ1) is 34.1. The summed E-state index contributed by atoms with van der Waals surface area (Å²) in [4.78, 5) is 13.0. The van der Waals surface area contributed by atoms with Crippen LogP contribution in [0.15, 0.2) is 60.8 Å². The number of unbranched alkanes of at least 4 members (excludes halogenated alkanes) is 19. The first-order valence-electron chi connectivity index (χ1n) is 27.4. The second-order valence-corrected chi connectivity index (χ2v) is 19.0. The standard InChI is InChI=1S/C56H98O14/c1-3-5-7-9-11-13-15-17-19-20-21-22-23-24-25-27-29-31-33-35-37-39-48(58)68-45(42-65-40-38-36-34-32-30-28-26-18-16-14-12-10-8-6-4-2)43-66-55-54(64)52(62)50(60)47(70-55)44-67-56-53(63)51(61)49(59)46(41-57)69-56/h10,12,15-18,20-21,23-24,45-47,49-57,59-64H,3-9,11,13-14,19,22,25-44H2,1-2H3/b12-10-,17-15-,18-16-,21-20-,24-23-. The Morgan fingerprint density at radius 1 is 0.471 bits per heavy atom. The van der Waals surface area contributed by atoms with Crippen LogP contribution in [0.4, 0.5) is 0 Å². The molecule has 2 heterocycles. The van der Waals surface area contributed by atoms with Crippen molar-refractivity contribution in [1.29, 1.82) is 0 Å². The van der Waals surface area contributed by atoms with E-state index in [0.29, 0.717) is 13.0 Å². The maximum absolute atomic E-state index is 13.0. The molecule has 2 aliphatic heterocycles. The highest BCUT2D eigenvalue weighted by Crippen LogP contribution is 2.26. The molecule has 0 amide bonds. The van der Waals surface area contributed by atoms with Crippen molar-refractivity contribution in [2.24, 2.45) is 0 Å². The van der Waals surface area contributed by atoms with Crippen molar-refractivity contribution in [1.82, 2.24) is 0 Å². The lowest BCUT2D eigenvalue weighted by atomic mass is 9.98. The van der Waals surface area contributed by atoms with Crippen molar-refractivity contribution in [2.75, 3.05) is 33.0 Å². The zero-order chi connectivity index (χ0) is 50.9. The minimum Gasteiger partial charge on any atom is -0.457 e. The summed E-state index contributed by atoms with van der Waals surface area (Å²) in [5.74, 6) is -0.394. The molecule has 2 saturated heterocycles. The summed E-state index contributed by atoms with van der Waals surface area (Å²) in [5, 5.41) is 72.2. The Balaban J connectivity index is 1.75. The lowest BCUT2D eigenvalue weighted by Crippen LogP contribution is -2.61. The van der Waals surface area contributed by atoms with Crippen LogP contribution >= 0.6 is 0 Å². The summed E-state index contributed by atoms with van der Waals surface area (Å²) >= 11 is 0. The van der Waals surface area contributed by atoms with Crippen LogP contribution < -0.4 is 0 Å². The van der Waals surface area contributed by atoms with Gasteiger partial charge in [0.2, 0.25) is 0 Å². The average Bonchev–Trinajstić information content (AvgIpc) is 3.36. The van der Waals surface area contributed by atoms with Gasteiger partial charge in [0.1, 0.15) is 54.9 Å². The van der Waals surface area contributed by atoms with Gasteiger partial charge in [0, 0.05) is 13.0 Å². The average molecular weight is 995 g/mol. The minimum atomic E-state index is -1.71. The van der Waals surface area contributed by atoms with Gasteiger partial charge in [-0.1, -0.05) is 164 Å². The van der Waals surface area contributed by atoms with E-state index in [-0.39, 0.29) is 19.6 Å². The number of hydrogen-bond donors (Lipinski definition) is 7. The van der Waals surface area contributed by atoms with Crippen molar-refractivity contribution in [3.05, 3.63) is 60.8 Å². The Kier molecular flexibility index (Phi) is 39.3. The van der Waals surface area contributed by atoms with E-state index in [9.17, 15) is 40.5 Å². The van der Waals surface area contributed by atoms with Crippen LogP contribution in [0, 0.1) is 0 Å². The molecule has 0 spiro atoms. The Bertz CT molecular complexity index is 1390. The fraction of sp³-hybridized carbons (Fsp3) is 0.804. The molecule has 0 radical (unpaired) electrons. The van der Waals surface area contributed by atoms with E-state index in [4.69, 9.17) is 28.4 Å². The molecule has 0 aromatic heterocycles. The molecule has 2 aliphatic rings. The molecule has 2 fully saturated rings. The summed E-state index contributed by atoms with van der Waals surface area (Å²) in [6.45, 7) is 3.59. The quantitative estimate of drug-likeness (QED) is 0.0173. The summed E-state index contributed by atoms with van der Waals surface area (Å²) in [5.41, 5.74) is 0. The lowest BCUT2D eigenvalue weighted by Gasteiger charge is -2.42. The van der Waals surface area contributed by atoms with Crippen LogP contribution in [0.5, 0.6) is 0 Å². The molecule has 0 aliphatic carbocycles. The van der Waals surface area contributed by atoms with E-state index in [2.05, 4.69) is 74.6 Å². The summed E-state index contributed by atoms with van der Waals surface area (Å²) in [7, 11) is 0. The first-order valence-corrected chi connectivity index (χ1v) is 27.4. The highest BCUT2D eigenvalue weighted by molar-refractivity contribution is 5.69. The monoisotopic (exact) mass is 995 g/mol. The second kappa shape index (κ2) is 43.1. The van der Waals surface area contributed by atoms with Gasteiger partial charge in [0.15, 0.2) is 12.6 Å². The zero-order valence-electron chi connectivity index (χ0n) is 43.2. The van der Waals surface area contributed by atoms with Gasteiger partial charge >= 0.3 is 5.97 Å². The van der Waals surface area contributed by atoms with Crippen LogP contribution in [0.25, 0.3) is 0 Å². The molecule has 0 saturated carbocycles. The van der Waals surface area contributed by atoms with Gasteiger partial charge in [0.05, 0.1) is 26.4 Å². The maximum Gasteiger partial charge on any atom is 0.306 e. The summed E-state index contributed by atoms with van der Waals surface area (Å²) < 4.78 is 34.3. The molecule has 14 nitrogen and oxygen atoms in total. The number of carbonyl (C=O) groups is 1. The highest BCUT2D eigenvalue weighted by atomic mass is 16.7. The van der Waals surface area contributed by atoms with Crippen LogP contribution in [-0.2, 0) is 33.2 Å². The number of hydrogen-bond acceptors (Lipinski definition) is 14. The summed E-state index contributed by atoms with van der Waals surface area (Å²) in [6.07, 6.45) is 35.6. The molecule has 0 aromatic carbocycles. The number of ether oxygens (including phenoxy) is 6. The van der Waals surface area contributed by atoms with E-state index >= 15 is 0 Å². The number of rotatable bonds is 43. The predicted molar refractivity (Wildman–Crippen MR) is 275 cm³/mol. The van der Waals surface area contributed by atoms with Crippen molar-refractivity contribution in [3.8, 4) is 0 Å². The van der Waals surface area contributed by atoms with E-state index in [1.54, 1.807) is 0 Å². The van der Waals surface area contributed by atoms with E-state index in [1.807, 2.05) is 0 Å². The zero-order valence-corrected chi connectivity index (χ0v) is 43.2. The van der Waals surface area contributed by atoms with E-state index in [0.717, 1.165) is 96.3 Å². The Labute approximate surface area is 422 Å². The molecule has 11 atom stereocenters. The van der Waals surface area contributed by atoms with E-state index < -0.39 is 86.7 Å². The Morgan fingerprint density at radius 3 is 1.43 bits per heavy atom. The minimum absolute atomic E-state index is 0.0465. The topological polar surface area (TPSA) is 214 Å². The molecule has 70 heavy (non-hydrogen) atoms. The molecule has 14 heteroatoms. The number of aliphatic hydroxyl groups excluding tert-OH is 7. The molecule has 0 bridgehead atoms. The van der Waals surface area contributed by atoms with E-state index in [1.165, 1.54) is 64.2 Å². The van der Waals surface area contributed by atoms with Crippen molar-refractivity contribution >= 4 is 5.97 Å². The van der Waals surface area contributed by atoms with Gasteiger partial charge < -0.3 is 64.2 Å². The molecule has 406 valence electrons. The molecular formula is C56H98O14. The number of aliphatic hydroxyl groups is 7. The third kappa shape index (κ3) is 30.0. The van der Waals surface area contributed by atoms with Crippen molar-refractivity contribution in [3.63, 3.8) is 0 Å². The first kappa shape index (κ1) is 63.8. The SMILES string of the molecule is CCCC/C=C\C/C=C\CCCCCCCCOCC(COC1OC(COC2OC(CO)C(O)C(O)C2O)C(O)C(O)C1O)OC(=O)CCCCCCCC/C=C\C/C=C\C/C=C\CCCCCCC. The Hall–Kier alpha value is -2.31. The van der Waals surface area contributed by atoms with Gasteiger partial charge in [-0.25, -0.2) is 0 Å². The molecule has 11 unspecified atom stereocenters.